The fourth-order valence-corrected chi connectivity index (χ4v) is 5.86. The molecule has 9 heteroatoms. The first kappa shape index (κ1) is 22.7. The fourth-order valence-electron chi connectivity index (χ4n) is 4.75. The summed E-state index contributed by atoms with van der Waals surface area (Å²) in [6.07, 6.45) is 6.26. The average Bonchev–Trinajstić information content (AvgIpc) is 3.41. The molecule has 7 nitrogen and oxygen atoms in total. The number of benzene rings is 1. The molecule has 1 N–H and O–H groups in total. The lowest BCUT2D eigenvalue weighted by Gasteiger charge is -2.31. The van der Waals surface area contributed by atoms with E-state index in [9.17, 15) is 14.0 Å². The second kappa shape index (κ2) is 9.29. The molecule has 1 aromatic carbocycles. The van der Waals surface area contributed by atoms with Crippen LogP contribution in [-0.4, -0.2) is 43.4 Å². The zero-order chi connectivity index (χ0) is 23.8. The quantitative estimate of drug-likeness (QED) is 0.393. The summed E-state index contributed by atoms with van der Waals surface area (Å²) in [4.78, 5) is 41.8. The lowest BCUT2D eigenvalue weighted by Crippen LogP contribution is -2.38. The van der Waals surface area contributed by atoms with E-state index in [-0.39, 0.29) is 23.2 Å². The smallest absolute Gasteiger partial charge is 0.264 e. The van der Waals surface area contributed by atoms with Crippen LogP contribution in [0.25, 0.3) is 21.3 Å². The molecule has 1 amide bonds. The number of likely N-dealkylation sites (tertiary alicyclic amines) is 1. The first-order valence-electron chi connectivity index (χ1n) is 11.9. The molecule has 0 unspecified atom stereocenters. The van der Waals surface area contributed by atoms with Gasteiger partial charge in [-0.1, -0.05) is 19.8 Å². The standard InChI is InChI=1S/C25H28FN5O2S/c1-3-4-5-10-31-14-27-23-20(24(31)32)15(2)21(34-23)25(33)30-11-8-16(9-12-30)22-28-18-7-6-17(26)13-19(18)29-22/h6-7,13-14,16H,3-5,8-12H2,1-2H3,(H,28,29). The molecular weight excluding hydrogens is 453 g/mol. The summed E-state index contributed by atoms with van der Waals surface area (Å²) in [6.45, 7) is 5.85. The maximum atomic E-state index is 13.5. The number of fused-ring (bicyclic) bond motifs is 2. The molecule has 0 aliphatic carbocycles. The van der Waals surface area contributed by atoms with Crippen LogP contribution in [0.1, 0.15) is 66.0 Å². The maximum Gasteiger partial charge on any atom is 0.264 e. The van der Waals surface area contributed by atoms with E-state index in [2.05, 4.69) is 21.9 Å². The lowest BCUT2D eigenvalue weighted by molar-refractivity contribution is 0.0715. The van der Waals surface area contributed by atoms with E-state index in [0.29, 0.717) is 40.2 Å². The lowest BCUT2D eigenvalue weighted by atomic mass is 9.96. The number of carbonyl (C=O) groups excluding carboxylic acids is 1. The van der Waals surface area contributed by atoms with Gasteiger partial charge in [-0.2, -0.15) is 0 Å². The zero-order valence-corrected chi connectivity index (χ0v) is 20.3. The van der Waals surface area contributed by atoms with E-state index >= 15 is 0 Å². The monoisotopic (exact) mass is 481 g/mol. The van der Waals surface area contributed by atoms with Gasteiger partial charge in [0.15, 0.2) is 0 Å². The van der Waals surface area contributed by atoms with Gasteiger partial charge in [0.05, 0.1) is 27.6 Å². The number of piperidine rings is 1. The summed E-state index contributed by atoms with van der Waals surface area (Å²) in [5.74, 6) is 0.713. The third-order valence-corrected chi connectivity index (χ3v) is 7.93. The molecule has 0 spiro atoms. The minimum Gasteiger partial charge on any atom is -0.342 e. The van der Waals surface area contributed by atoms with Gasteiger partial charge >= 0.3 is 0 Å². The topological polar surface area (TPSA) is 83.9 Å². The van der Waals surface area contributed by atoms with Gasteiger partial charge in [0.1, 0.15) is 16.5 Å². The van der Waals surface area contributed by atoms with Crippen molar-refractivity contribution >= 4 is 38.5 Å². The molecule has 0 bridgehead atoms. The van der Waals surface area contributed by atoms with Gasteiger partial charge in [-0.3, -0.25) is 14.2 Å². The highest BCUT2D eigenvalue weighted by molar-refractivity contribution is 7.20. The van der Waals surface area contributed by atoms with Crippen molar-refractivity contribution in [3.8, 4) is 0 Å². The Morgan fingerprint density at radius 2 is 2.06 bits per heavy atom. The summed E-state index contributed by atoms with van der Waals surface area (Å²) in [5.41, 5.74) is 2.12. The predicted octanol–water partition coefficient (Wildman–Crippen LogP) is 4.99. The first-order valence-corrected chi connectivity index (χ1v) is 12.7. The molecule has 1 fully saturated rings. The average molecular weight is 482 g/mol. The van der Waals surface area contributed by atoms with Crippen molar-refractivity contribution in [2.24, 2.45) is 0 Å². The summed E-state index contributed by atoms with van der Waals surface area (Å²) in [6, 6.07) is 4.55. The highest BCUT2D eigenvalue weighted by Crippen LogP contribution is 2.32. The molecule has 1 aliphatic heterocycles. The largest absolute Gasteiger partial charge is 0.342 e. The molecule has 0 atom stereocenters. The van der Waals surface area contributed by atoms with Gasteiger partial charge in [-0.05, 0) is 49.9 Å². The van der Waals surface area contributed by atoms with Crippen molar-refractivity contribution in [1.29, 1.82) is 0 Å². The van der Waals surface area contributed by atoms with Gasteiger partial charge < -0.3 is 9.88 Å². The van der Waals surface area contributed by atoms with Crippen molar-refractivity contribution in [1.82, 2.24) is 24.4 Å². The predicted molar refractivity (Wildman–Crippen MR) is 132 cm³/mol. The number of amides is 1. The molecule has 178 valence electrons. The Morgan fingerprint density at radius 1 is 1.26 bits per heavy atom. The zero-order valence-electron chi connectivity index (χ0n) is 19.4. The van der Waals surface area contributed by atoms with E-state index in [1.807, 2.05) is 11.8 Å². The van der Waals surface area contributed by atoms with Crippen molar-refractivity contribution < 1.29 is 9.18 Å². The second-order valence-electron chi connectivity index (χ2n) is 9.04. The van der Waals surface area contributed by atoms with Crippen LogP contribution in [0.2, 0.25) is 0 Å². The Morgan fingerprint density at radius 3 is 2.82 bits per heavy atom. The number of aromatic amines is 1. The minimum atomic E-state index is -0.288. The van der Waals surface area contributed by atoms with Crippen LogP contribution >= 0.6 is 11.3 Å². The number of nitrogens with one attached hydrogen (secondary N) is 1. The Balaban J connectivity index is 1.32. The van der Waals surface area contributed by atoms with E-state index < -0.39 is 0 Å². The van der Waals surface area contributed by atoms with Crippen molar-refractivity contribution in [3.63, 3.8) is 0 Å². The van der Waals surface area contributed by atoms with Crippen LogP contribution in [0.5, 0.6) is 0 Å². The van der Waals surface area contributed by atoms with Crippen LogP contribution in [0.3, 0.4) is 0 Å². The number of hydrogen-bond acceptors (Lipinski definition) is 5. The summed E-state index contributed by atoms with van der Waals surface area (Å²) in [5, 5.41) is 0.566. The van der Waals surface area contributed by atoms with Gasteiger partial charge in [-0.25, -0.2) is 14.4 Å². The molecule has 34 heavy (non-hydrogen) atoms. The molecule has 0 radical (unpaired) electrons. The third kappa shape index (κ3) is 4.13. The van der Waals surface area contributed by atoms with Crippen molar-refractivity contribution in [2.45, 2.75) is 58.4 Å². The number of rotatable bonds is 6. The Labute approximate surface area is 200 Å². The number of hydrogen-bond donors (Lipinski definition) is 1. The fraction of sp³-hybridized carbons (Fsp3) is 0.440. The molecule has 4 aromatic rings. The summed E-state index contributed by atoms with van der Waals surface area (Å²) >= 11 is 1.31. The maximum absolute atomic E-state index is 13.5. The molecule has 0 saturated carbocycles. The first-order chi connectivity index (χ1) is 16.5. The van der Waals surface area contributed by atoms with Crippen LogP contribution in [0.4, 0.5) is 4.39 Å². The Hall–Kier alpha value is -3.07. The number of aryl methyl sites for hydroxylation is 2. The number of H-pyrrole nitrogens is 1. The van der Waals surface area contributed by atoms with E-state index in [1.54, 1.807) is 17.0 Å². The van der Waals surface area contributed by atoms with E-state index in [0.717, 1.165) is 49.0 Å². The number of unbranched alkanes of at least 4 members (excludes halogenated alkanes) is 2. The normalized spacial score (nSPS) is 15.0. The SMILES string of the molecule is CCCCCn1cnc2sc(C(=O)N3CCC(c4nc5ccc(F)cc5[nH]4)CC3)c(C)c2c1=O. The highest BCUT2D eigenvalue weighted by Gasteiger charge is 2.29. The number of thiophene rings is 1. The van der Waals surface area contributed by atoms with E-state index in [1.165, 1.54) is 23.5 Å². The summed E-state index contributed by atoms with van der Waals surface area (Å²) < 4.78 is 15.2. The summed E-state index contributed by atoms with van der Waals surface area (Å²) in [7, 11) is 0. The highest BCUT2D eigenvalue weighted by atomic mass is 32.1. The van der Waals surface area contributed by atoms with Crippen LogP contribution in [0, 0.1) is 12.7 Å². The molecule has 1 saturated heterocycles. The Bertz CT molecular complexity index is 1410. The number of carbonyl (C=O) groups is 1. The number of nitrogens with zero attached hydrogens (tertiary/aromatic N) is 4. The van der Waals surface area contributed by atoms with Gasteiger partial charge in [-0.15, -0.1) is 11.3 Å². The van der Waals surface area contributed by atoms with Gasteiger partial charge in [0, 0.05) is 25.6 Å². The number of imidazole rings is 1. The van der Waals surface area contributed by atoms with Crippen LogP contribution in [0.15, 0.2) is 29.3 Å². The molecular formula is C25H28FN5O2S. The van der Waals surface area contributed by atoms with Gasteiger partial charge in [0.25, 0.3) is 11.5 Å². The van der Waals surface area contributed by atoms with Crippen LogP contribution < -0.4 is 5.56 Å². The third-order valence-electron chi connectivity index (χ3n) is 6.75. The Kier molecular flexibility index (Phi) is 6.20. The molecule has 4 heterocycles. The van der Waals surface area contributed by atoms with Crippen molar-refractivity contribution in [3.05, 3.63) is 57.0 Å². The van der Waals surface area contributed by atoms with Crippen LogP contribution in [-0.2, 0) is 6.54 Å². The molecule has 3 aromatic heterocycles. The molecule has 5 rings (SSSR count). The molecule has 1 aliphatic rings. The van der Waals surface area contributed by atoms with Crippen molar-refractivity contribution in [2.75, 3.05) is 13.1 Å². The minimum absolute atomic E-state index is 0.0393. The second-order valence-corrected chi connectivity index (χ2v) is 10.0. The number of halogens is 1. The van der Waals surface area contributed by atoms with Gasteiger partial charge in [0.2, 0.25) is 0 Å². The number of aromatic nitrogens is 4. The van der Waals surface area contributed by atoms with E-state index in [4.69, 9.17) is 0 Å².